The maximum Gasteiger partial charge on any atom is 0.166 e. The van der Waals surface area contributed by atoms with Crippen LogP contribution < -0.4 is 9.47 Å². The van der Waals surface area contributed by atoms with E-state index in [4.69, 9.17) is 9.47 Å². The van der Waals surface area contributed by atoms with Gasteiger partial charge >= 0.3 is 0 Å². The van der Waals surface area contributed by atoms with E-state index in [2.05, 4.69) is 0 Å². The first-order valence-corrected chi connectivity index (χ1v) is 11.2. The molecule has 0 bridgehead atoms. The fraction of sp³-hybridized carbons (Fsp3) is 0.0909. The van der Waals surface area contributed by atoms with Crippen molar-refractivity contribution in [2.75, 3.05) is 14.2 Å². The Morgan fingerprint density at radius 1 is 0.531 bits per heavy atom. The molecule has 0 saturated heterocycles. The summed E-state index contributed by atoms with van der Waals surface area (Å²) in [5, 5.41) is 63.4. The molecule has 0 aliphatic rings. The van der Waals surface area contributed by atoms with Crippen LogP contribution in [0.1, 0.15) is 0 Å². The predicted molar refractivity (Wildman–Crippen MR) is 135 cm³/mol. The van der Waals surface area contributed by atoms with E-state index in [1.165, 1.54) is 14.2 Å². The van der Waals surface area contributed by atoms with E-state index in [1.54, 1.807) is 12.1 Å². The summed E-state index contributed by atoms with van der Waals surface area (Å²) in [5.74, 6) is -2.04. The summed E-state index contributed by atoms with van der Waals surface area (Å²) < 4.78 is 12.1. The Morgan fingerprint density at radius 3 is 1.19 bits per heavy atom. The van der Waals surface area contributed by atoms with Gasteiger partial charge in [0.2, 0.25) is 0 Å². The van der Waals surface area contributed by atoms with E-state index in [-0.39, 0.29) is 55.7 Å². The van der Waals surface area contributed by atoms with Gasteiger partial charge in [-0.3, -0.25) is 0 Å². The van der Waals surface area contributed by atoms with Gasteiger partial charge in [-0.25, -0.2) is 0 Å². The molecule has 32 heavy (non-hydrogen) atoms. The van der Waals surface area contributed by atoms with Crippen LogP contribution in [0.15, 0.2) is 24.3 Å². The molecule has 0 saturated carbocycles. The Labute approximate surface area is 208 Å². The molecule has 0 amide bonds. The summed E-state index contributed by atoms with van der Waals surface area (Å²) in [6.07, 6.45) is 0. The van der Waals surface area contributed by atoms with Crippen molar-refractivity contribution < 1.29 is 40.1 Å². The van der Waals surface area contributed by atoms with Crippen molar-refractivity contribution >= 4 is 66.7 Å². The molecule has 4 aromatic rings. The number of aromatic hydroxyl groups is 6. The largest absolute Gasteiger partial charge is 0.507 e. The van der Waals surface area contributed by atoms with Crippen molar-refractivity contribution in [3.05, 3.63) is 31.4 Å². The van der Waals surface area contributed by atoms with Crippen LogP contribution in [0.2, 0.25) is 0 Å². The Hall–Kier alpha value is -2.74. The van der Waals surface area contributed by atoms with Crippen LogP contribution in [0, 0.1) is 7.14 Å². The maximum atomic E-state index is 10.8. The summed E-state index contributed by atoms with van der Waals surface area (Å²) in [6.45, 7) is 0. The Bertz CT molecular complexity index is 1320. The number of methoxy groups -OCH3 is 2. The molecule has 0 spiro atoms. The SMILES string of the molecule is COc1cc(I)c2c(O)c(O)cc(O)c2c1-c1c(OC)cc(I)c2c(O)c(O)cc(O)c12. The van der Waals surface area contributed by atoms with Gasteiger partial charge in [0.15, 0.2) is 23.0 Å². The van der Waals surface area contributed by atoms with Crippen LogP contribution >= 0.6 is 45.2 Å². The number of hydrogen-bond donors (Lipinski definition) is 6. The number of ether oxygens (including phenoxy) is 2. The number of hydrogen-bond acceptors (Lipinski definition) is 8. The van der Waals surface area contributed by atoms with Crippen LogP contribution in [-0.2, 0) is 0 Å². The Kier molecular flexibility index (Phi) is 5.61. The quantitative estimate of drug-likeness (QED) is 0.101. The van der Waals surface area contributed by atoms with E-state index in [0.29, 0.717) is 7.14 Å². The molecule has 0 aromatic heterocycles. The van der Waals surface area contributed by atoms with Crippen LogP contribution in [0.3, 0.4) is 0 Å². The first kappa shape index (κ1) is 22.5. The first-order valence-electron chi connectivity index (χ1n) is 9.00. The molecule has 0 heterocycles. The van der Waals surface area contributed by atoms with Crippen LogP contribution in [0.5, 0.6) is 46.0 Å². The highest BCUT2D eigenvalue weighted by Crippen LogP contribution is 2.55. The van der Waals surface area contributed by atoms with Crippen molar-refractivity contribution in [3.8, 4) is 57.1 Å². The molecule has 0 aliphatic carbocycles. The number of rotatable bonds is 3. The van der Waals surface area contributed by atoms with E-state index >= 15 is 0 Å². The van der Waals surface area contributed by atoms with Gasteiger partial charge in [-0.2, -0.15) is 0 Å². The molecule has 8 nitrogen and oxygen atoms in total. The maximum absolute atomic E-state index is 10.8. The van der Waals surface area contributed by atoms with Gasteiger partial charge in [0.1, 0.15) is 23.0 Å². The average molecular weight is 662 g/mol. The van der Waals surface area contributed by atoms with Gasteiger partial charge in [0, 0.05) is 51.9 Å². The zero-order valence-corrected chi connectivity index (χ0v) is 20.9. The lowest BCUT2D eigenvalue weighted by atomic mass is 9.90. The van der Waals surface area contributed by atoms with Gasteiger partial charge in [0.25, 0.3) is 0 Å². The highest BCUT2D eigenvalue weighted by molar-refractivity contribution is 14.1. The van der Waals surface area contributed by atoms with E-state index in [0.717, 1.165) is 12.1 Å². The van der Waals surface area contributed by atoms with Gasteiger partial charge in [0.05, 0.1) is 14.2 Å². The summed E-state index contributed by atoms with van der Waals surface area (Å²) in [5.41, 5.74) is 0.490. The van der Waals surface area contributed by atoms with Gasteiger partial charge < -0.3 is 40.1 Å². The molecule has 4 aromatic carbocycles. The van der Waals surface area contributed by atoms with E-state index in [9.17, 15) is 30.6 Å². The number of benzene rings is 4. The molecule has 0 fully saturated rings. The van der Waals surface area contributed by atoms with Crippen LogP contribution in [0.25, 0.3) is 32.7 Å². The zero-order valence-electron chi connectivity index (χ0n) is 16.6. The third kappa shape index (κ3) is 3.15. The topological polar surface area (TPSA) is 140 Å². The summed E-state index contributed by atoms with van der Waals surface area (Å²) >= 11 is 3.89. The number of fused-ring (bicyclic) bond motifs is 2. The monoisotopic (exact) mass is 662 g/mol. The van der Waals surface area contributed by atoms with Crippen molar-refractivity contribution in [1.82, 2.24) is 0 Å². The minimum atomic E-state index is -0.506. The zero-order chi connectivity index (χ0) is 23.5. The lowest BCUT2D eigenvalue weighted by Gasteiger charge is -2.21. The van der Waals surface area contributed by atoms with Crippen molar-refractivity contribution in [1.29, 1.82) is 0 Å². The van der Waals surface area contributed by atoms with Gasteiger partial charge in [-0.15, -0.1) is 0 Å². The van der Waals surface area contributed by atoms with E-state index < -0.39 is 23.0 Å². The summed E-state index contributed by atoms with van der Waals surface area (Å²) in [6, 6.07) is 5.19. The molecular weight excluding hydrogens is 646 g/mol. The predicted octanol–water partition coefficient (Wildman–Crippen LogP) is 5.12. The molecule has 0 unspecified atom stereocenters. The molecule has 0 radical (unpaired) electrons. The fourth-order valence-corrected chi connectivity index (χ4v) is 5.46. The molecular formula is C22H16I2O8. The molecule has 0 aliphatic heterocycles. The highest BCUT2D eigenvalue weighted by atomic mass is 127. The molecule has 166 valence electrons. The third-order valence-corrected chi connectivity index (χ3v) is 6.90. The van der Waals surface area contributed by atoms with Gasteiger partial charge in [-0.05, 0) is 57.3 Å². The van der Waals surface area contributed by atoms with Crippen LogP contribution in [-0.4, -0.2) is 44.9 Å². The number of phenols is 6. The van der Waals surface area contributed by atoms with Crippen molar-refractivity contribution in [3.63, 3.8) is 0 Å². The Balaban J connectivity index is 2.38. The smallest absolute Gasteiger partial charge is 0.166 e. The van der Waals surface area contributed by atoms with E-state index in [1.807, 2.05) is 45.2 Å². The molecule has 4 rings (SSSR count). The summed E-state index contributed by atoms with van der Waals surface area (Å²) in [7, 11) is 2.84. The van der Waals surface area contributed by atoms with Crippen molar-refractivity contribution in [2.45, 2.75) is 0 Å². The Morgan fingerprint density at radius 2 is 0.875 bits per heavy atom. The average Bonchev–Trinajstić information content (AvgIpc) is 2.74. The second-order valence-electron chi connectivity index (χ2n) is 6.90. The lowest BCUT2D eigenvalue weighted by Crippen LogP contribution is -1.98. The van der Waals surface area contributed by atoms with Crippen molar-refractivity contribution in [2.24, 2.45) is 0 Å². The minimum Gasteiger partial charge on any atom is -0.507 e. The standard InChI is InChI=1S/C22H16I2O8/c1-31-13-3-7(23)15-17(9(25)5-11(27)21(15)29)19(13)20-14(32-2)4-8(24)16-18(20)10(26)6-12(28)22(16)30/h3-6,25-30H,1-2H3. The second kappa shape index (κ2) is 7.99. The molecule has 10 heteroatoms. The molecule has 0 atom stereocenters. The van der Waals surface area contributed by atoms with Gasteiger partial charge in [-0.1, -0.05) is 0 Å². The second-order valence-corrected chi connectivity index (χ2v) is 9.22. The molecule has 6 N–H and O–H groups in total. The highest BCUT2D eigenvalue weighted by Gasteiger charge is 2.28. The van der Waals surface area contributed by atoms with Crippen LogP contribution in [0.4, 0.5) is 0 Å². The third-order valence-electron chi connectivity index (χ3n) is 5.19. The number of halogens is 2. The first-order chi connectivity index (χ1) is 15.1. The summed E-state index contributed by atoms with van der Waals surface area (Å²) in [4.78, 5) is 0. The minimum absolute atomic E-state index is 0.136. The fourth-order valence-electron chi connectivity index (χ4n) is 3.84. The normalized spacial score (nSPS) is 11.2. The number of phenolic OH excluding ortho intramolecular Hbond substituents is 6. The lowest BCUT2D eigenvalue weighted by molar-refractivity contribution is 0.400.